The minimum absolute atomic E-state index is 0.140. The molecule has 0 saturated heterocycles. The van der Waals surface area contributed by atoms with E-state index < -0.39 is 5.97 Å². The molecule has 0 atom stereocenters. The first-order chi connectivity index (χ1) is 13.6. The predicted molar refractivity (Wildman–Crippen MR) is 104 cm³/mol. The van der Waals surface area contributed by atoms with E-state index in [2.05, 4.69) is 21.4 Å². The van der Waals surface area contributed by atoms with Crippen LogP contribution in [0.3, 0.4) is 0 Å². The third-order valence-electron chi connectivity index (χ3n) is 5.71. The molecule has 0 spiro atoms. The highest BCUT2D eigenvalue weighted by Crippen LogP contribution is 2.26. The lowest BCUT2D eigenvalue weighted by atomic mass is 9.85. The number of benzene rings is 1. The van der Waals surface area contributed by atoms with E-state index in [1.165, 1.54) is 0 Å². The molecule has 28 heavy (non-hydrogen) atoms. The Kier molecular flexibility index (Phi) is 5.43. The van der Waals surface area contributed by atoms with E-state index in [1.54, 1.807) is 12.1 Å². The molecule has 0 radical (unpaired) electrons. The number of carboxylic acid groups (broad SMARTS) is 1. The maximum absolute atomic E-state index is 12.0. The highest BCUT2D eigenvalue weighted by Gasteiger charge is 2.25. The zero-order chi connectivity index (χ0) is 19.5. The number of aromatic nitrogens is 2. The van der Waals surface area contributed by atoms with Crippen LogP contribution < -0.4 is 5.32 Å². The average Bonchev–Trinajstić information content (AvgIpc) is 2.91. The number of hydrogen-bond acceptors (Lipinski definition) is 4. The van der Waals surface area contributed by atoms with Crippen molar-refractivity contribution < 1.29 is 14.7 Å². The lowest BCUT2D eigenvalue weighted by molar-refractivity contribution is -0.127. The maximum atomic E-state index is 12.0. The molecule has 1 saturated carbocycles. The van der Waals surface area contributed by atoms with Gasteiger partial charge in [0.2, 0.25) is 5.91 Å². The molecule has 2 aromatic rings. The zero-order valence-electron chi connectivity index (χ0n) is 15.9. The molecule has 2 heterocycles. The largest absolute Gasteiger partial charge is 0.478 e. The second-order valence-electron chi connectivity index (χ2n) is 7.72. The van der Waals surface area contributed by atoms with Gasteiger partial charge in [-0.1, -0.05) is 24.6 Å². The van der Waals surface area contributed by atoms with Gasteiger partial charge >= 0.3 is 5.97 Å². The highest BCUT2D eigenvalue weighted by atomic mass is 16.4. The number of carbonyl (C=O) groups is 2. The molecule has 7 heteroatoms. The fraction of sp³-hybridized carbons (Fsp3) is 0.476. The Morgan fingerprint density at radius 2 is 2.00 bits per heavy atom. The van der Waals surface area contributed by atoms with Crippen LogP contribution in [-0.4, -0.2) is 38.2 Å². The molecule has 1 amide bonds. The molecule has 148 valence electrons. The summed E-state index contributed by atoms with van der Waals surface area (Å²) in [6.07, 6.45) is 4.10. The molecule has 0 unspecified atom stereocenters. The van der Waals surface area contributed by atoms with Crippen LogP contribution in [0, 0.1) is 5.92 Å². The average molecular weight is 382 g/mol. The molecule has 2 N–H and O–H groups in total. The number of nitrogens with one attached hydrogen (secondary N) is 1. The van der Waals surface area contributed by atoms with Crippen molar-refractivity contribution in [3.63, 3.8) is 0 Å². The van der Waals surface area contributed by atoms with Gasteiger partial charge in [-0.05, 0) is 37.0 Å². The van der Waals surface area contributed by atoms with Crippen molar-refractivity contribution in [2.75, 3.05) is 6.54 Å². The Morgan fingerprint density at radius 3 is 2.75 bits per heavy atom. The number of hydrogen-bond donors (Lipinski definition) is 2. The van der Waals surface area contributed by atoms with Crippen molar-refractivity contribution in [2.24, 2.45) is 5.92 Å². The molecular weight excluding hydrogens is 356 g/mol. The SMILES string of the molecule is O=C(O)c1ccccc1CN1CCCn2nc(CNC(=O)C3CCC3)cc2C1. The summed E-state index contributed by atoms with van der Waals surface area (Å²) in [6.45, 7) is 3.52. The van der Waals surface area contributed by atoms with Crippen molar-refractivity contribution in [1.82, 2.24) is 20.0 Å². The van der Waals surface area contributed by atoms with Crippen LogP contribution in [0.1, 0.15) is 53.0 Å². The lowest BCUT2D eigenvalue weighted by Gasteiger charge is -2.23. The Bertz CT molecular complexity index is 872. The lowest BCUT2D eigenvalue weighted by Crippen LogP contribution is -2.34. The molecule has 1 aliphatic carbocycles. The molecule has 7 nitrogen and oxygen atoms in total. The standard InChI is InChI=1S/C21H26N4O3/c26-20(15-6-3-7-15)22-12-17-11-18-14-24(9-4-10-25(18)23-17)13-16-5-1-2-8-19(16)21(27)28/h1-2,5,8,11,15H,3-4,6-7,9-10,12-14H2,(H,22,26)(H,27,28). The van der Waals surface area contributed by atoms with E-state index in [1.807, 2.05) is 16.8 Å². The van der Waals surface area contributed by atoms with Gasteiger partial charge in [-0.15, -0.1) is 0 Å². The van der Waals surface area contributed by atoms with E-state index in [0.717, 1.165) is 62.3 Å². The van der Waals surface area contributed by atoms with Crippen LogP contribution in [0.2, 0.25) is 0 Å². The van der Waals surface area contributed by atoms with E-state index >= 15 is 0 Å². The van der Waals surface area contributed by atoms with Crippen LogP contribution in [0.25, 0.3) is 0 Å². The zero-order valence-corrected chi connectivity index (χ0v) is 15.9. The number of aromatic carboxylic acids is 1. The summed E-state index contributed by atoms with van der Waals surface area (Å²) in [5, 5.41) is 17.1. The fourth-order valence-electron chi connectivity index (χ4n) is 3.91. The summed E-state index contributed by atoms with van der Waals surface area (Å²) in [6, 6.07) is 9.24. The van der Waals surface area contributed by atoms with Crippen molar-refractivity contribution >= 4 is 11.9 Å². The quantitative estimate of drug-likeness (QED) is 0.801. The van der Waals surface area contributed by atoms with Gasteiger partial charge in [-0.2, -0.15) is 5.10 Å². The van der Waals surface area contributed by atoms with Gasteiger partial charge in [0.1, 0.15) is 0 Å². The minimum Gasteiger partial charge on any atom is -0.478 e. The van der Waals surface area contributed by atoms with Gasteiger partial charge in [0, 0.05) is 32.1 Å². The van der Waals surface area contributed by atoms with Crippen LogP contribution in [0.4, 0.5) is 0 Å². The molecule has 2 aliphatic rings. The Labute approximate surface area is 164 Å². The summed E-state index contributed by atoms with van der Waals surface area (Å²) in [5.74, 6) is -0.563. The minimum atomic E-state index is -0.889. The molecule has 4 rings (SSSR count). The smallest absolute Gasteiger partial charge is 0.336 e. The first-order valence-electron chi connectivity index (χ1n) is 9.97. The molecule has 0 bridgehead atoms. The van der Waals surface area contributed by atoms with Gasteiger partial charge in [0.25, 0.3) is 0 Å². The predicted octanol–water partition coefficient (Wildman–Crippen LogP) is 2.40. The van der Waals surface area contributed by atoms with Gasteiger partial charge in [0.05, 0.1) is 23.5 Å². The first-order valence-corrected chi connectivity index (χ1v) is 9.97. The summed E-state index contributed by atoms with van der Waals surface area (Å²) < 4.78 is 2.02. The van der Waals surface area contributed by atoms with Crippen molar-refractivity contribution in [3.05, 3.63) is 52.8 Å². The van der Waals surface area contributed by atoms with Gasteiger partial charge < -0.3 is 10.4 Å². The second kappa shape index (κ2) is 8.14. The normalized spacial score (nSPS) is 17.4. The van der Waals surface area contributed by atoms with Crippen molar-refractivity contribution in [3.8, 4) is 0 Å². The number of fused-ring (bicyclic) bond motifs is 1. The van der Waals surface area contributed by atoms with Gasteiger partial charge in [0.15, 0.2) is 0 Å². The number of rotatable bonds is 6. The summed E-state index contributed by atoms with van der Waals surface area (Å²) in [7, 11) is 0. The highest BCUT2D eigenvalue weighted by molar-refractivity contribution is 5.89. The van der Waals surface area contributed by atoms with E-state index in [9.17, 15) is 14.7 Å². The number of amides is 1. The topological polar surface area (TPSA) is 87.5 Å². The molecule has 1 aromatic heterocycles. The number of carboxylic acids is 1. The number of aryl methyl sites for hydroxylation is 1. The molecule has 1 fully saturated rings. The van der Waals surface area contributed by atoms with Crippen molar-refractivity contribution in [2.45, 2.75) is 51.9 Å². The van der Waals surface area contributed by atoms with E-state index in [0.29, 0.717) is 18.7 Å². The van der Waals surface area contributed by atoms with Crippen LogP contribution in [-0.2, 0) is 31.0 Å². The van der Waals surface area contributed by atoms with E-state index in [4.69, 9.17) is 0 Å². The summed E-state index contributed by atoms with van der Waals surface area (Å²) in [4.78, 5) is 25.8. The Morgan fingerprint density at radius 1 is 1.18 bits per heavy atom. The molecule has 1 aromatic carbocycles. The van der Waals surface area contributed by atoms with Crippen LogP contribution in [0.15, 0.2) is 30.3 Å². The first kappa shape index (κ1) is 18.7. The number of carbonyl (C=O) groups excluding carboxylic acids is 1. The fourth-order valence-corrected chi connectivity index (χ4v) is 3.91. The molecular formula is C21H26N4O3. The summed E-state index contributed by atoms with van der Waals surface area (Å²) in [5.41, 5.74) is 3.18. The Balaban J connectivity index is 1.41. The van der Waals surface area contributed by atoms with Gasteiger partial charge in [-0.3, -0.25) is 14.4 Å². The van der Waals surface area contributed by atoms with Crippen molar-refractivity contribution in [1.29, 1.82) is 0 Å². The third kappa shape index (κ3) is 4.09. The molecule has 1 aliphatic heterocycles. The maximum Gasteiger partial charge on any atom is 0.336 e. The number of nitrogens with zero attached hydrogens (tertiary/aromatic N) is 3. The third-order valence-corrected chi connectivity index (χ3v) is 5.71. The van der Waals surface area contributed by atoms with E-state index in [-0.39, 0.29) is 11.8 Å². The van der Waals surface area contributed by atoms with Crippen LogP contribution in [0.5, 0.6) is 0 Å². The van der Waals surface area contributed by atoms with Gasteiger partial charge in [-0.25, -0.2) is 4.79 Å². The second-order valence-corrected chi connectivity index (χ2v) is 7.72. The van der Waals surface area contributed by atoms with Crippen LogP contribution >= 0.6 is 0 Å². The summed E-state index contributed by atoms with van der Waals surface area (Å²) >= 11 is 0. The Hall–Kier alpha value is -2.67. The monoisotopic (exact) mass is 382 g/mol.